The van der Waals surface area contributed by atoms with Crippen LogP contribution in [0.2, 0.25) is 0 Å². The average molecular weight is 329 g/mol. The lowest BCUT2D eigenvalue weighted by molar-refractivity contribution is 0.0660. The molecule has 1 heterocycles. The number of nitrogens with zero attached hydrogens (tertiary/aromatic N) is 1. The van der Waals surface area contributed by atoms with Crippen molar-refractivity contribution in [2.75, 3.05) is 13.1 Å². The summed E-state index contributed by atoms with van der Waals surface area (Å²) in [5, 5.41) is 0. The van der Waals surface area contributed by atoms with Crippen molar-refractivity contribution in [3.8, 4) is 0 Å². The monoisotopic (exact) mass is 328 g/mol. The predicted octanol–water partition coefficient (Wildman–Crippen LogP) is 2.79. The molecular weight excluding hydrogens is 311 g/mol. The molecule has 104 valence electrons. The summed E-state index contributed by atoms with van der Waals surface area (Å²) in [4.78, 5) is 14.1. The number of likely N-dealkylation sites (tertiary alicyclic amines) is 1. The van der Waals surface area contributed by atoms with Gasteiger partial charge in [0.15, 0.2) is 0 Å². The van der Waals surface area contributed by atoms with E-state index in [9.17, 15) is 9.18 Å². The zero-order valence-corrected chi connectivity index (χ0v) is 12.5. The van der Waals surface area contributed by atoms with Crippen LogP contribution in [0, 0.1) is 11.7 Å². The van der Waals surface area contributed by atoms with E-state index in [-0.39, 0.29) is 11.9 Å². The number of hydrogen-bond donors (Lipinski definition) is 1. The van der Waals surface area contributed by atoms with Crippen LogP contribution in [0.25, 0.3) is 0 Å². The molecule has 1 aromatic rings. The third-order valence-corrected chi connectivity index (χ3v) is 4.30. The molecule has 3 nitrogen and oxygen atoms in total. The number of benzene rings is 1. The minimum Gasteiger partial charge on any atom is -0.338 e. The zero-order chi connectivity index (χ0) is 14.0. The molecular formula is C14H18BrFN2O. The van der Waals surface area contributed by atoms with Crippen molar-refractivity contribution in [1.82, 2.24) is 4.90 Å². The number of nitrogens with two attached hydrogens (primary N) is 1. The number of hydrogen-bond acceptors (Lipinski definition) is 2. The summed E-state index contributed by atoms with van der Waals surface area (Å²) in [7, 11) is 0. The van der Waals surface area contributed by atoms with Crippen LogP contribution in [-0.2, 0) is 0 Å². The smallest absolute Gasteiger partial charge is 0.253 e. The van der Waals surface area contributed by atoms with Crippen LogP contribution in [0.1, 0.15) is 30.1 Å². The third kappa shape index (κ3) is 3.34. The Labute approximate surface area is 121 Å². The molecule has 2 N–H and O–H groups in total. The molecule has 1 saturated heterocycles. The fourth-order valence-electron chi connectivity index (χ4n) is 2.44. The lowest BCUT2D eigenvalue weighted by atomic mass is 9.92. The maximum Gasteiger partial charge on any atom is 0.253 e. The van der Waals surface area contributed by atoms with E-state index in [1.165, 1.54) is 6.07 Å². The number of halogens is 2. The van der Waals surface area contributed by atoms with Gasteiger partial charge in [0, 0.05) is 24.7 Å². The zero-order valence-electron chi connectivity index (χ0n) is 10.9. The molecule has 1 fully saturated rings. The lowest BCUT2D eigenvalue weighted by Gasteiger charge is -2.34. The second-order valence-corrected chi connectivity index (χ2v) is 6.00. The van der Waals surface area contributed by atoms with E-state index >= 15 is 0 Å². The number of amides is 1. The number of piperidine rings is 1. The average Bonchev–Trinajstić information content (AvgIpc) is 2.41. The van der Waals surface area contributed by atoms with Crippen LogP contribution in [0.3, 0.4) is 0 Å². The van der Waals surface area contributed by atoms with Gasteiger partial charge in [-0.2, -0.15) is 0 Å². The van der Waals surface area contributed by atoms with Crippen LogP contribution in [0.15, 0.2) is 22.7 Å². The standard InChI is InChI=1S/C14H18BrFN2O/c1-9(17)11-3-2-6-18(8-11)14(19)10-4-5-12(15)13(16)7-10/h4-5,7,9,11H,2-3,6,8,17H2,1H3/t9-,11+/m0/s1. The molecule has 5 heteroatoms. The Morgan fingerprint density at radius 2 is 2.32 bits per heavy atom. The number of rotatable bonds is 2. The van der Waals surface area contributed by atoms with Gasteiger partial charge in [0.1, 0.15) is 5.82 Å². The quantitative estimate of drug-likeness (QED) is 0.907. The van der Waals surface area contributed by atoms with E-state index < -0.39 is 5.82 Å². The first-order chi connectivity index (χ1) is 8.99. The van der Waals surface area contributed by atoms with Gasteiger partial charge in [-0.25, -0.2) is 4.39 Å². The highest BCUT2D eigenvalue weighted by atomic mass is 79.9. The summed E-state index contributed by atoms with van der Waals surface area (Å²) in [6, 6.07) is 4.57. The van der Waals surface area contributed by atoms with Crippen molar-refractivity contribution in [1.29, 1.82) is 0 Å². The minimum atomic E-state index is -0.411. The molecule has 1 aliphatic heterocycles. The Hall–Kier alpha value is -0.940. The van der Waals surface area contributed by atoms with Crippen molar-refractivity contribution in [3.63, 3.8) is 0 Å². The van der Waals surface area contributed by atoms with Gasteiger partial charge in [-0.3, -0.25) is 4.79 Å². The van der Waals surface area contributed by atoms with Crippen LogP contribution in [0.4, 0.5) is 4.39 Å². The highest BCUT2D eigenvalue weighted by Crippen LogP contribution is 2.22. The van der Waals surface area contributed by atoms with Crippen molar-refractivity contribution < 1.29 is 9.18 Å². The largest absolute Gasteiger partial charge is 0.338 e. The fraction of sp³-hybridized carbons (Fsp3) is 0.500. The van der Waals surface area contributed by atoms with Crippen molar-refractivity contribution in [2.45, 2.75) is 25.8 Å². The van der Waals surface area contributed by atoms with Crippen molar-refractivity contribution >= 4 is 21.8 Å². The van der Waals surface area contributed by atoms with Gasteiger partial charge in [-0.15, -0.1) is 0 Å². The van der Waals surface area contributed by atoms with E-state index in [1.807, 2.05) is 6.92 Å². The molecule has 1 aliphatic rings. The number of carbonyl (C=O) groups is 1. The Morgan fingerprint density at radius 3 is 2.95 bits per heavy atom. The van der Waals surface area contributed by atoms with Crippen LogP contribution in [-0.4, -0.2) is 29.9 Å². The van der Waals surface area contributed by atoms with Crippen LogP contribution in [0.5, 0.6) is 0 Å². The van der Waals surface area contributed by atoms with Gasteiger partial charge in [0.2, 0.25) is 0 Å². The highest BCUT2D eigenvalue weighted by Gasteiger charge is 2.26. The van der Waals surface area contributed by atoms with Crippen molar-refractivity contribution in [3.05, 3.63) is 34.1 Å². The van der Waals surface area contributed by atoms with Gasteiger partial charge in [-0.1, -0.05) is 0 Å². The van der Waals surface area contributed by atoms with Gasteiger partial charge in [0.05, 0.1) is 4.47 Å². The molecule has 0 spiro atoms. The fourth-order valence-corrected chi connectivity index (χ4v) is 2.68. The lowest BCUT2D eigenvalue weighted by Crippen LogP contribution is -2.45. The molecule has 19 heavy (non-hydrogen) atoms. The molecule has 1 amide bonds. The summed E-state index contributed by atoms with van der Waals surface area (Å²) < 4.78 is 13.8. The Kier molecular flexibility index (Phi) is 4.58. The summed E-state index contributed by atoms with van der Waals surface area (Å²) in [6.45, 7) is 3.35. The van der Waals surface area contributed by atoms with Crippen LogP contribution < -0.4 is 5.73 Å². The third-order valence-electron chi connectivity index (χ3n) is 3.66. The molecule has 0 radical (unpaired) electrons. The highest BCUT2D eigenvalue weighted by molar-refractivity contribution is 9.10. The molecule has 0 aromatic heterocycles. The van der Waals surface area contributed by atoms with Gasteiger partial charge < -0.3 is 10.6 Å². The van der Waals surface area contributed by atoms with E-state index in [2.05, 4.69) is 15.9 Å². The van der Waals surface area contributed by atoms with E-state index in [4.69, 9.17) is 5.73 Å². The predicted molar refractivity (Wildman–Crippen MR) is 76.4 cm³/mol. The molecule has 2 rings (SSSR count). The molecule has 0 bridgehead atoms. The van der Waals surface area contributed by atoms with E-state index in [1.54, 1.807) is 17.0 Å². The maximum absolute atomic E-state index is 13.5. The molecule has 0 aliphatic carbocycles. The molecule has 0 saturated carbocycles. The second kappa shape index (κ2) is 6.01. The van der Waals surface area contributed by atoms with Crippen molar-refractivity contribution in [2.24, 2.45) is 11.7 Å². The second-order valence-electron chi connectivity index (χ2n) is 5.14. The van der Waals surface area contributed by atoms with Gasteiger partial charge in [0.25, 0.3) is 5.91 Å². The normalized spacial score (nSPS) is 21.3. The summed E-state index contributed by atoms with van der Waals surface area (Å²) in [6.07, 6.45) is 2.01. The first-order valence-electron chi connectivity index (χ1n) is 6.49. The Bertz CT molecular complexity index is 479. The van der Waals surface area contributed by atoms with Gasteiger partial charge >= 0.3 is 0 Å². The Morgan fingerprint density at radius 1 is 1.58 bits per heavy atom. The van der Waals surface area contributed by atoms with Crippen LogP contribution >= 0.6 is 15.9 Å². The van der Waals surface area contributed by atoms with E-state index in [0.29, 0.717) is 22.5 Å². The summed E-state index contributed by atoms with van der Waals surface area (Å²) in [5.74, 6) is -0.193. The Balaban J connectivity index is 2.12. The van der Waals surface area contributed by atoms with Gasteiger partial charge in [-0.05, 0) is 59.8 Å². The molecule has 1 aromatic carbocycles. The first kappa shape index (κ1) is 14.5. The topological polar surface area (TPSA) is 46.3 Å². The summed E-state index contributed by atoms with van der Waals surface area (Å²) >= 11 is 3.09. The maximum atomic E-state index is 13.5. The molecule has 0 unspecified atom stereocenters. The summed E-state index contributed by atoms with van der Waals surface area (Å²) in [5.41, 5.74) is 6.30. The minimum absolute atomic E-state index is 0.0808. The van der Waals surface area contributed by atoms with E-state index in [0.717, 1.165) is 19.4 Å². The molecule has 2 atom stereocenters. The SMILES string of the molecule is C[C@H](N)[C@@H]1CCCN(C(=O)c2ccc(Br)c(F)c2)C1. The first-order valence-corrected chi connectivity index (χ1v) is 7.28. The number of carbonyl (C=O) groups excluding carboxylic acids is 1.